The highest BCUT2D eigenvalue weighted by molar-refractivity contribution is 7.80. The third-order valence-electron chi connectivity index (χ3n) is 8.62. The summed E-state index contributed by atoms with van der Waals surface area (Å²) in [5.41, 5.74) is 1.16. The lowest BCUT2D eigenvalue weighted by molar-refractivity contribution is 0.434. The van der Waals surface area contributed by atoms with Gasteiger partial charge in [0.1, 0.15) is 17.5 Å². The second-order valence-corrected chi connectivity index (χ2v) is 12.0. The molecule has 1 atom stereocenters. The molecule has 1 saturated carbocycles. The number of aromatic nitrogens is 2. The first-order valence-corrected chi connectivity index (χ1v) is 14.5. The van der Waals surface area contributed by atoms with Gasteiger partial charge < -0.3 is 20.4 Å². The van der Waals surface area contributed by atoms with E-state index in [1.165, 1.54) is 44.1 Å². The number of rotatable bonds is 6. The van der Waals surface area contributed by atoms with Crippen LogP contribution in [-0.2, 0) is 5.41 Å². The van der Waals surface area contributed by atoms with Gasteiger partial charge in [0.25, 0.3) is 0 Å². The average molecular weight is 525 g/mol. The van der Waals surface area contributed by atoms with Gasteiger partial charge in [-0.15, -0.1) is 0 Å². The Bertz CT molecular complexity index is 1060. The summed E-state index contributed by atoms with van der Waals surface area (Å²) in [5, 5.41) is 7.30. The number of hydrogen-bond acceptors (Lipinski definition) is 5. The fourth-order valence-corrected chi connectivity index (χ4v) is 6.42. The first-order valence-electron chi connectivity index (χ1n) is 14.1. The molecule has 200 valence electrons. The summed E-state index contributed by atoms with van der Waals surface area (Å²) in [5.74, 6) is 3.76. The zero-order chi connectivity index (χ0) is 25.8. The number of nitrogens with one attached hydrogen (secondary N) is 2. The summed E-state index contributed by atoms with van der Waals surface area (Å²) in [4.78, 5) is 14.6. The van der Waals surface area contributed by atoms with E-state index in [1.807, 2.05) is 12.1 Å². The van der Waals surface area contributed by atoms with Gasteiger partial charge in [0.15, 0.2) is 5.11 Å². The van der Waals surface area contributed by atoms with Crippen LogP contribution in [0.15, 0.2) is 30.3 Å². The molecule has 0 unspecified atom stereocenters. The second-order valence-electron chi connectivity index (χ2n) is 11.6. The number of piperidine rings is 2. The number of anilines is 3. The van der Waals surface area contributed by atoms with E-state index in [0.717, 1.165) is 56.6 Å². The fourth-order valence-electron chi connectivity index (χ4n) is 6.26. The summed E-state index contributed by atoms with van der Waals surface area (Å²) in [7, 11) is 0. The molecule has 0 amide bonds. The molecule has 5 rings (SSSR count). The van der Waals surface area contributed by atoms with E-state index in [4.69, 9.17) is 22.2 Å². The third kappa shape index (κ3) is 6.33. The van der Waals surface area contributed by atoms with Crippen LogP contribution in [0, 0.1) is 17.7 Å². The third-order valence-corrected chi connectivity index (χ3v) is 8.86. The normalized spacial score (nSPS) is 22.2. The quantitative estimate of drug-likeness (QED) is 0.457. The van der Waals surface area contributed by atoms with Crippen LogP contribution in [0.3, 0.4) is 0 Å². The van der Waals surface area contributed by atoms with E-state index in [-0.39, 0.29) is 11.2 Å². The Labute approximate surface area is 226 Å². The maximum atomic E-state index is 13.6. The van der Waals surface area contributed by atoms with Crippen molar-refractivity contribution in [1.29, 1.82) is 0 Å². The number of benzene rings is 1. The van der Waals surface area contributed by atoms with Crippen LogP contribution in [0.4, 0.5) is 22.0 Å². The molecular formula is C29H41FN6S. The van der Waals surface area contributed by atoms with Gasteiger partial charge in [-0.1, -0.05) is 38.8 Å². The van der Waals surface area contributed by atoms with Crippen LogP contribution in [0.2, 0.25) is 0 Å². The van der Waals surface area contributed by atoms with Crippen molar-refractivity contribution in [3.8, 4) is 0 Å². The molecule has 3 fully saturated rings. The van der Waals surface area contributed by atoms with Crippen molar-refractivity contribution in [3.05, 3.63) is 41.7 Å². The van der Waals surface area contributed by atoms with E-state index >= 15 is 0 Å². The Kier molecular flexibility index (Phi) is 8.12. The highest BCUT2D eigenvalue weighted by Crippen LogP contribution is 2.40. The van der Waals surface area contributed by atoms with Gasteiger partial charge in [-0.05, 0) is 80.3 Å². The van der Waals surface area contributed by atoms with Crippen LogP contribution < -0.4 is 20.4 Å². The van der Waals surface area contributed by atoms with Crippen molar-refractivity contribution in [2.75, 3.05) is 47.8 Å². The Morgan fingerprint density at radius 3 is 2.30 bits per heavy atom. The smallest absolute Gasteiger partial charge is 0.232 e. The molecule has 0 bridgehead atoms. The van der Waals surface area contributed by atoms with Crippen LogP contribution in [-0.4, -0.2) is 47.8 Å². The molecule has 1 aromatic heterocycles. The maximum absolute atomic E-state index is 13.6. The number of hydrogen-bond donors (Lipinski definition) is 2. The summed E-state index contributed by atoms with van der Waals surface area (Å²) < 4.78 is 13.6. The number of thiocarbonyl (C=S) groups is 1. The topological polar surface area (TPSA) is 56.3 Å². The van der Waals surface area contributed by atoms with Crippen molar-refractivity contribution in [2.24, 2.45) is 11.8 Å². The van der Waals surface area contributed by atoms with E-state index in [1.54, 1.807) is 12.1 Å². The minimum Gasteiger partial charge on any atom is -0.361 e. The van der Waals surface area contributed by atoms with Crippen LogP contribution in [0.1, 0.15) is 70.8 Å². The van der Waals surface area contributed by atoms with Crippen molar-refractivity contribution in [2.45, 2.75) is 70.6 Å². The first kappa shape index (κ1) is 26.1. The minimum atomic E-state index is -0.193. The van der Waals surface area contributed by atoms with Gasteiger partial charge in [-0.25, -0.2) is 4.39 Å². The molecule has 8 heteroatoms. The van der Waals surface area contributed by atoms with Gasteiger partial charge >= 0.3 is 0 Å². The monoisotopic (exact) mass is 524 g/mol. The highest BCUT2D eigenvalue weighted by Gasteiger charge is 2.35. The van der Waals surface area contributed by atoms with Gasteiger partial charge in [-0.3, -0.25) is 0 Å². The molecule has 1 aliphatic carbocycles. The van der Waals surface area contributed by atoms with Gasteiger partial charge in [0.2, 0.25) is 5.95 Å². The van der Waals surface area contributed by atoms with Gasteiger partial charge in [0, 0.05) is 44.2 Å². The molecule has 3 heterocycles. The molecule has 1 aromatic carbocycles. The van der Waals surface area contributed by atoms with Crippen molar-refractivity contribution in [1.82, 2.24) is 15.3 Å². The maximum Gasteiger partial charge on any atom is 0.232 e. The molecule has 2 aliphatic heterocycles. The zero-order valence-electron chi connectivity index (χ0n) is 22.3. The molecule has 3 aliphatic rings. The minimum absolute atomic E-state index is 0.0261. The van der Waals surface area contributed by atoms with Gasteiger partial charge in [-0.2, -0.15) is 9.97 Å². The first-order chi connectivity index (χ1) is 17.9. The number of nitrogens with zero attached hydrogens (tertiary/aromatic N) is 4. The van der Waals surface area contributed by atoms with Crippen LogP contribution >= 0.6 is 12.2 Å². The molecule has 2 saturated heterocycles. The largest absolute Gasteiger partial charge is 0.361 e. The van der Waals surface area contributed by atoms with Gasteiger partial charge in [0.05, 0.1) is 0 Å². The van der Waals surface area contributed by atoms with E-state index in [0.29, 0.717) is 23.5 Å². The molecular weight excluding hydrogens is 483 g/mol. The Morgan fingerprint density at radius 1 is 0.946 bits per heavy atom. The lowest BCUT2D eigenvalue weighted by atomic mass is 9.79. The molecule has 6 nitrogen and oxygen atoms in total. The zero-order valence-corrected chi connectivity index (χ0v) is 23.1. The lowest BCUT2D eigenvalue weighted by Crippen LogP contribution is -2.41. The molecule has 2 aromatic rings. The van der Waals surface area contributed by atoms with E-state index in [2.05, 4.69) is 40.3 Å². The predicted octanol–water partition coefficient (Wildman–Crippen LogP) is 5.89. The molecule has 0 radical (unpaired) electrons. The Balaban J connectivity index is 1.31. The summed E-state index contributed by atoms with van der Waals surface area (Å²) in [6.07, 6.45) is 9.34. The standard InChI is InChI=1S/C29H41FN6S/c1-21-11-16-35(17-12-21)25-18-26(36-15-5-6-22(2)19-36)33-27(32-25)34-28(37)31-20-29(13-3-4-14-29)23-7-9-24(30)10-8-23/h7-10,18,21-22H,3-6,11-17,19-20H2,1-2H3,(H2,31,32,33,34,37)/t22-/m0/s1. The molecule has 0 spiro atoms. The predicted molar refractivity (Wildman–Crippen MR) is 154 cm³/mol. The molecule has 37 heavy (non-hydrogen) atoms. The average Bonchev–Trinajstić information content (AvgIpc) is 3.38. The van der Waals surface area contributed by atoms with Crippen LogP contribution in [0.5, 0.6) is 0 Å². The van der Waals surface area contributed by atoms with Crippen molar-refractivity contribution >= 4 is 34.9 Å². The highest BCUT2D eigenvalue weighted by atomic mass is 32.1. The fraction of sp³-hybridized carbons (Fsp3) is 0.621. The Hall–Kier alpha value is -2.48. The Morgan fingerprint density at radius 2 is 1.62 bits per heavy atom. The molecule has 2 N–H and O–H groups in total. The van der Waals surface area contributed by atoms with Crippen molar-refractivity contribution < 1.29 is 4.39 Å². The summed E-state index contributed by atoms with van der Waals surface area (Å²) >= 11 is 5.74. The summed E-state index contributed by atoms with van der Waals surface area (Å²) in [6, 6.07) is 9.15. The number of halogens is 1. The van der Waals surface area contributed by atoms with Crippen molar-refractivity contribution in [3.63, 3.8) is 0 Å². The van der Waals surface area contributed by atoms with E-state index < -0.39 is 0 Å². The SMILES string of the molecule is CC1CCN(c2cc(N3CCC[C@H](C)C3)nc(NC(=S)NCC3(c4ccc(F)cc4)CCCC3)n2)CC1. The second kappa shape index (κ2) is 11.5. The van der Waals surface area contributed by atoms with E-state index in [9.17, 15) is 4.39 Å². The van der Waals surface area contributed by atoms with Crippen LogP contribution in [0.25, 0.3) is 0 Å². The lowest BCUT2D eigenvalue weighted by Gasteiger charge is -2.34. The summed E-state index contributed by atoms with van der Waals surface area (Å²) in [6.45, 7) is 9.46.